The van der Waals surface area contributed by atoms with Crippen LogP contribution in [0.1, 0.15) is 46.0 Å². The van der Waals surface area contributed by atoms with Crippen LogP contribution in [-0.2, 0) is 14.3 Å². The zero-order chi connectivity index (χ0) is 22.1. The predicted molar refractivity (Wildman–Crippen MR) is 111 cm³/mol. The predicted octanol–water partition coefficient (Wildman–Crippen LogP) is 1.38. The number of amides is 2. The second kappa shape index (κ2) is 11.9. The van der Waals surface area contributed by atoms with Crippen molar-refractivity contribution in [2.75, 3.05) is 39.8 Å². The largest absolute Gasteiger partial charge is 0.377 e. The molecule has 7 nitrogen and oxygen atoms in total. The van der Waals surface area contributed by atoms with Crippen molar-refractivity contribution in [1.82, 2.24) is 20.9 Å². The lowest BCUT2D eigenvalue weighted by atomic mass is 9.77. The highest BCUT2D eigenvalue weighted by Crippen LogP contribution is 2.39. The Labute approximate surface area is 178 Å². The maximum atomic E-state index is 13.7. The molecule has 9 heteroatoms. The molecule has 0 radical (unpaired) electrons. The number of alkyl halides is 2. The van der Waals surface area contributed by atoms with Gasteiger partial charge in [0, 0.05) is 51.2 Å². The van der Waals surface area contributed by atoms with Crippen LogP contribution in [-0.4, -0.2) is 81.2 Å². The molecule has 1 saturated carbocycles. The molecule has 4 atom stereocenters. The Kier molecular flexibility index (Phi) is 9.90. The number of likely N-dealkylation sites (N-methyl/N-ethyl adjacent to an activating group) is 1. The van der Waals surface area contributed by atoms with Gasteiger partial charge in [0.05, 0.1) is 12.6 Å². The molecule has 0 aromatic rings. The van der Waals surface area contributed by atoms with E-state index >= 15 is 0 Å². The number of rotatable bonds is 12. The molecular weight excluding hydrogens is 394 g/mol. The van der Waals surface area contributed by atoms with Crippen molar-refractivity contribution in [3.63, 3.8) is 0 Å². The lowest BCUT2D eigenvalue weighted by Crippen LogP contribution is -2.52. The molecule has 1 saturated heterocycles. The molecule has 2 amide bonds. The number of hydrogen-bond acceptors (Lipinski definition) is 5. The minimum Gasteiger partial charge on any atom is -0.377 e. The molecule has 2 fully saturated rings. The molecular formula is C21H38F2N4O3. The van der Waals surface area contributed by atoms with Gasteiger partial charge < -0.3 is 20.7 Å². The summed E-state index contributed by atoms with van der Waals surface area (Å²) in [7, 11) is 1.71. The van der Waals surface area contributed by atoms with Gasteiger partial charge in [-0.05, 0) is 45.1 Å². The number of carbonyl (C=O) groups excluding carboxylic acids is 2. The van der Waals surface area contributed by atoms with E-state index < -0.39 is 5.92 Å². The highest BCUT2D eigenvalue weighted by atomic mass is 19.3. The molecule has 0 aromatic carbocycles. The SMILES string of the molecule is CCOC1CC(CNC=O)N(CC(C)C(NC(=O)CNC)C2CCC(F)(F)CC2)C1. The number of likely N-dealkylation sites (tertiary alicyclic amines) is 1. The van der Waals surface area contributed by atoms with Crippen LogP contribution in [0, 0.1) is 11.8 Å². The summed E-state index contributed by atoms with van der Waals surface area (Å²) in [5.41, 5.74) is 0. The summed E-state index contributed by atoms with van der Waals surface area (Å²) in [5.74, 6) is -2.58. The van der Waals surface area contributed by atoms with Gasteiger partial charge in [0.1, 0.15) is 0 Å². The highest BCUT2D eigenvalue weighted by Gasteiger charge is 2.41. The van der Waals surface area contributed by atoms with Crippen LogP contribution >= 0.6 is 0 Å². The van der Waals surface area contributed by atoms with E-state index in [1.165, 1.54) is 0 Å². The molecule has 174 valence electrons. The van der Waals surface area contributed by atoms with Crippen LogP contribution in [0.4, 0.5) is 8.78 Å². The zero-order valence-corrected chi connectivity index (χ0v) is 18.5. The highest BCUT2D eigenvalue weighted by molar-refractivity contribution is 5.78. The number of carbonyl (C=O) groups is 2. The second-order valence-electron chi connectivity index (χ2n) is 8.74. The Balaban J connectivity index is 2.06. The Morgan fingerprint density at radius 3 is 2.63 bits per heavy atom. The molecule has 2 rings (SSSR count). The molecule has 1 heterocycles. The molecule has 3 N–H and O–H groups in total. The summed E-state index contributed by atoms with van der Waals surface area (Å²) in [4.78, 5) is 25.4. The van der Waals surface area contributed by atoms with Crippen LogP contribution in [0.25, 0.3) is 0 Å². The normalized spacial score (nSPS) is 26.8. The third kappa shape index (κ3) is 7.42. The van der Waals surface area contributed by atoms with E-state index in [-0.39, 0.29) is 55.3 Å². The van der Waals surface area contributed by atoms with Crippen LogP contribution < -0.4 is 16.0 Å². The first kappa shape index (κ1) is 24.9. The lowest BCUT2D eigenvalue weighted by molar-refractivity contribution is -0.122. The molecule has 4 unspecified atom stereocenters. The first-order chi connectivity index (χ1) is 14.3. The summed E-state index contributed by atoms with van der Waals surface area (Å²) < 4.78 is 33.2. The average Bonchev–Trinajstić information content (AvgIpc) is 3.06. The second-order valence-corrected chi connectivity index (χ2v) is 8.74. The van der Waals surface area contributed by atoms with Crippen LogP contribution in [0.5, 0.6) is 0 Å². The van der Waals surface area contributed by atoms with E-state index in [9.17, 15) is 18.4 Å². The Morgan fingerprint density at radius 2 is 2.03 bits per heavy atom. The third-order valence-electron chi connectivity index (χ3n) is 6.40. The molecule has 0 bridgehead atoms. The summed E-state index contributed by atoms with van der Waals surface area (Å²) in [5, 5.41) is 8.73. The molecule has 30 heavy (non-hydrogen) atoms. The quantitative estimate of drug-likeness (QED) is 0.406. The van der Waals surface area contributed by atoms with E-state index in [1.54, 1.807) is 7.05 Å². The van der Waals surface area contributed by atoms with Crippen molar-refractivity contribution < 1.29 is 23.1 Å². The van der Waals surface area contributed by atoms with Crippen molar-refractivity contribution in [2.45, 2.75) is 70.1 Å². The summed E-state index contributed by atoms with van der Waals surface area (Å²) in [6.07, 6.45) is 2.26. The summed E-state index contributed by atoms with van der Waals surface area (Å²) in [6, 6.07) is 0.00585. The fourth-order valence-corrected chi connectivity index (χ4v) is 4.94. The Bertz CT molecular complexity index is 542. The fraction of sp³-hybridized carbons (Fsp3) is 0.905. The lowest BCUT2D eigenvalue weighted by Gasteiger charge is -2.39. The van der Waals surface area contributed by atoms with Gasteiger partial charge in [0.2, 0.25) is 18.2 Å². The molecule has 1 aliphatic heterocycles. The number of nitrogens with one attached hydrogen (secondary N) is 3. The Morgan fingerprint density at radius 1 is 1.33 bits per heavy atom. The zero-order valence-electron chi connectivity index (χ0n) is 18.5. The van der Waals surface area contributed by atoms with Gasteiger partial charge in [-0.1, -0.05) is 6.92 Å². The topological polar surface area (TPSA) is 82.7 Å². The standard InChI is InChI=1S/C21H38F2N4O3/c1-4-30-18-9-17(10-25-14-28)27(13-18)12-15(2)20(26-19(29)11-24-3)16-5-7-21(22,23)8-6-16/h14-18,20,24H,4-13H2,1-3H3,(H,25,28)(H,26,29). The molecule has 0 spiro atoms. The first-order valence-corrected chi connectivity index (χ1v) is 11.1. The number of nitrogens with zero attached hydrogens (tertiary/aromatic N) is 1. The van der Waals surface area contributed by atoms with Gasteiger partial charge in [-0.3, -0.25) is 14.5 Å². The summed E-state index contributed by atoms with van der Waals surface area (Å²) >= 11 is 0. The van der Waals surface area contributed by atoms with Gasteiger partial charge in [-0.15, -0.1) is 0 Å². The van der Waals surface area contributed by atoms with Gasteiger partial charge in [0.15, 0.2) is 0 Å². The van der Waals surface area contributed by atoms with E-state index in [2.05, 4.69) is 27.8 Å². The number of halogens is 2. The smallest absolute Gasteiger partial charge is 0.248 e. The maximum absolute atomic E-state index is 13.7. The third-order valence-corrected chi connectivity index (χ3v) is 6.40. The van der Waals surface area contributed by atoms with Gasteiger partial charge in [-0.25, -0.2) is 8.78 Å². The van der Waals surface area contributed by atoms with Gasteiger partial charge in [0.25, 0.3) is 0 Å². The van der Waals surface area contributed by atoms with E-state index in [0.29, 0.717) is 38.9 Å². The van der Waals surface area contributed by atoms with Crippen molar-refractivity contribution in [3.05, 3.63) is 0 Å². The van der Waals surface area contributed by atoms with Crippen molar-refractivity contribution in [1.29, 1.82) is 0 Å². The minimum absolute atomic E-state index is 0.0391. The van der Waals surface area contributed by atoms with Crippen molar-refractivity contribution >= 4 is 12.3 Å². The molecule has 1 aliphatic carbocycles. The minimum atomic E-state index is -2.59. The first-order valence-electron chi connectivity index (χ1n) is 11.1. The Hall–Kier alpha value is -1.32. The maximum Gasteiger partial charge on any atom is 0.248 e. The number of ether oxygens (including phenoxy) is 1. The summed E-state index contributed by atoms with van der Waals surface area (Å²) in [6.45, 7) is 6.92. The fourth-order valence-electron chi connectivity index (χ4n) is 4.94. The van der Waals surface area contributed by atoms with Crippen LogP contribution in [0.2, 0.25) is 0 Å². The van der Waals surface area contributed by atoms with Crippen LogP contribution in [0.15, 0.2) is 0 Å². The van der Waals surface area contributed by atoms with E-state index in [0.717, 1.165) is 13.0 Å². The van der Waals surface area contributed by atoms with Gasteiger partial charge in [-0.2, -0.15) is 0 Å². The van der Waals surface area contributed by atoms with Crippen LogP contribution in [0.3, 0.4) is 0 Å². The molecule has 0 aromatic heterocycles. The van der Waals surface area contributed by atoms with E-state index in [1.807, 2.05) is 6.92 Å². The van der Waals surface area contributed by atoms with E-state index in [4.69, 9.17) is 4.74 Å². The monoisotopic (exact) mass is 432 g/mol. The van der Waals surface area contributed by atoms with Crippen molar-refractivity contribution in [2.24, 2.45) is 11.8 Å². The van der Waals surface area contributed by atoms with Gasteiger partial charge >= 0.3 is 0 Å². The average molecular weight is 433 g/mol. The number of hydrogen-bond donors (Lipinski definition) is 3. The van der Waals surface area contributed by atoms with Crippen molar-refractivity contribution in [3.8, 4) is 0 Å². The molecule has 2 aliphatic rings.